The van der Waals surface area contributed by atoms with E-state index in [1.807, 2.05) is 30.5 Å². The molecule has 0 bridgehead atoms. The van der Waals surface area contributed by atoms with Crippen LogP contribution in [0.15, 0.2) is 67.0 Å². The van der Waals surface area contributed by atoms with Gasteiger partial charge in [0.1, 0.15) is 11.8 Å². The van der Waals surface area contributed by atoms with Crippen LogP contribution in [0.5, 0.6) is 5.75 Å². The summed E-state index contributed by atoms with van der Waals surface area (Å²) in [5.74, 6) is -0.540. The number of nitrogens with one attached hydrogen (secondary N) is 2. The van der Waals surface area contributed by atoms with Gasteiger partial charge < -0.3 is 20.1 Å². The first-order valence-corrected chi connectivity index (χ1v) is 8.47. The van der Waals surface area contributed by atoms with Crippen molar-refractivity contribution < 1.29 is 19.4 Å². The number of carboxylic acids is 1. The summed E-state index contributed by atoms with van der Waals surface area (Å²) in [5.41, 5.74) is 2.36. The standard InChI is InChI=1S/C21H20N2O4/c1-27-16-8-6-14(7-9-16)20(24)10-11-22-19(21(25)26)12-15-13-23-18-5-3-2-4-17(15)18/h2-11,13,19,22-23H,12H2,1H3,(H,25,26)/b11-10-. The Morgan fingerprint density at radius 2 is 1.93 bits per heavy atom. The molecular formula is C21H20N2O4. The molecule has 0 saturated carbocycles. The number of benzene rings is 2. The second-order valence-electron chi connectivity index (χ2n) is 6.05. The van der Waals surface area contributed by atoms with Gasteiger partial charge >= 0.3 is 5.97 Å². The summed E-state index contributed by atoms with van der Waals surface area (Å²) in [5, 5.41) is 13.3. The van der Waals surface area contributed by atoms with Crippen LogP contribution in [0, 0.1) is 0 Å². The van der Waals surface area contributed by atoms with E-state index in [0.29, 0.717) is 17.7 Å². The minimum Gasteiger partial charge on any atom is -0.497 e. The van der Waals surface area contributed by atoms with Crippen molar-refractivity contribution in [3.63, 3.8) is 0 Å². The summed E-state index contributed by atoms with van der Waals surface area (Å²) in [7, 11) is 1.56. The van der Waals surface area contributed by atoms with Gasteiger partial charge in [0, 0.05) is 41.4 Å². The maximum absolute atomic E-state index is 12.2. The molecule has 0 aliphatic carbocycles. The van der Waals surface area contributed by atoms with Gasteiger partial charge in [-0.15, -0.1) is 0 Å². The van der Waals surface area contributed by atoms with Gasteiger partial charge in [-0.3, -0.25) is 4.79 Å². The average Bonchev–Trinajstić information content (AvgIpc) is 3.10. The van der Waals surface area contributed by atoms with Gasteiger partial charge in [-0.25, -0.2) is 4.79 Å². The van der Waals surface area contributed by atoms with Gasteiger partial charge in [0.25, 0.3) is 0 Å². The number of aromatic amines is 1. The van der Waals surface area contributed by atoms with Crippen LogP contribution < -0.4 is 10.1 Å². The van der Waals surface area contributed by atoms with Crippen LogP contribution in [-0.4, -0.2) is 35.0 Å². The van der Waals surface area contributed by atoms with E-state index >= 15 is 0 Å². The Kier molecular flexibility index (Phi) is 5.56. The highest BCUT2D eigenvalue weighted by molar-refractivity contribution is 6.04. The van der Waals surface area contributed by atoms with Gasteiger partial charge in [0.05, 0.1) is 7.11 Å². The third-order valence-electron chi connectivity index (χ3n) is 4.30. The number of H-pyrrole nitrogens is 1. The molecule has 0 radical (unpaired) electrons. The van der Waals surface area contributed by atoms with Crippen molar-refractivity contribution in [2.45, 2.75) is 12.5 Å². The van der Waals surface area contributed by atoms with Crippen molar-refractivity contribution in [1.29, 1.82) is 0 Å². The van der Waals surface area contributed by atoms with Crippen molar-refractivity contribution in [1.82, 2.24) is 10.3 Å². The molecule has 0 aliphatic rings. The third kappa shape index (κ3) is 4.36. The molecule has 138 valence electrons. The highest BCUT2D eigenvalue weighted by Gasteiger charge is 2.18. The highest BCUT2D eigenvalue weighted by Crippen LogP contribution is 2.19. The maximum Gasteiger partial charge on any atom is 0.326 e. The molecule has 0 fully saturated rings. The molecule has 0 aliphatic heterocycles. The van der Waals surface area contributed by atoms with Crippen LogP contribution in [0.25, 0.3) is 10.9 Å². The first kappa shape index (κ1) is 18.3. The number of carbonyl (C=O) groups is 2. The molecular weight excluding hydrogens is 344 g/mol. The lowest BCUT2D eigenvalue weighted by atomic mass is 10.1. The highest BCUT2D eigenvalue weighted by atomic mass is 16.5. The Balaban J connectivity index is 1.66. The zero-order valence-electron chi connectivity index (χ0n) is 14.8. The van der Waals surface area contributed by atoms with Gasteiger partial charge in [-0.05, 0) is 35.9 Å². The van der Waals surface area contributed by atoms with Crippen LogP contribution in [-0.2, 0) is 11.2 Å². The monoisotopic (exact) mass is 364 g/mol. The first-order chi connectivity index (χ1) is 13.1. The van der Waals surface area contributed by atoms with Crippen molar-refractivity contribution in [3.8, 4) is 5.75 Å². The normalized spacial score (nSPS) is 12.2. The van der Waals surface area contributed by atoms with E-state index in [1.165, 1.54) is 12.3 Å². The molecule has 0 amide bonds. The summed E-state index contributed by atoms with van der Waals surface area (Å²) in [6.45, 7) is 0. The van der Waals surface area contributed by atoms with Crippen molar-refractivity contribution in [2.24, 2.45) is 0 Å². The summed E-state index contributed by atoms with van der Waals surface area (Å²) >= 11 is 0. The maximum atomic E-state index is 12.2. The number of fused-ring (bicyclic) bond motifs is 1. The Morgan fingerprint density at radius 1 is 1.19 bits per heavy atom. The Labute approximate surface area is 156 Å². The third-order valence-corrected chi connectivity index (χ3v) is 4.30. The SMILES string of the molecule is COc1ccc(C(=O)/C=C\NC(Cc2c[nH]c3ccccc23)C(=O)O)cc1. The van der Waals surface area contributed by atoms with E-state index in [9.17, 15) is 14.7 Å². The summed E-state index contributed by atoms with van der Waals surface area (Å²) < 4.78 is 5.06. The van der Waals surface area contributed by atoms with Crippen LogP contribution in [0.1, 0.15) is 15.9 Å². The molecule has 1 heterocycles. The molecule has 1 atom stereocenters. The number of hydrogen-bond acceptors (Lipinski definition) is 4. The van der Waals surface area contributed by atoms with Gasteiger partial charge in [-0.2, -0.15) is 0 Å². The van der Waals surface area contributed by atoms with Gasteiger partial charge in [-0.1, -0.05) is 18.2 Å². The molecule has 2 aromatic carbocycles. The lowest BCUT2D eigenvalue weighted by molar-refractivity contribution is -0.139. The van der Waals surface area contributed by atoms with E-state index in [4.69, 9.17) is 4.74 Å². The number of para-hydroxylation sites is 1. The lowest BCUT2D eigenvalue weighted by Crippen LogP contribution is -2.35. The fourth-order valence-corrected chi connectivity index (χ4v) is 2.83. The quantitative estimate of drug-likeness (QED) is 0.422. The van der Waals surface area contributed by atoms with E-state index in [2.05, 4.69) is 10.3 Å². The summed E-state index contributed by atoms with van der Waals surface area (Å²) in [6, 6.07) is 13.6. The number of allylic oxidation sites excluding steroid dienone is 1. The first-order valence-electron chi connectivity index (χ1n) is 8.47. The van der Waals surface area contributed by atoms with Crippen LogP contribution >= 0.6 is 0 Å². The Bertz CT molecular complexity index is 973. The minimum absolute atomic E-state index is 0.221. The lowest BCUT2D eigenvalue weighted by Gasteiger charge is -2.12. The molecule has 1 aromatic heterocycles. The zero-order chi connectivity index (χ0) is 19.2. The molecule has 3 rings (SSSR count). The smallest absolute Gasteiger partial charge is 0.326 e. The fourth-order valence-electron chi connectivity index (χ4n) is 2.83. The van der Waals surface area contributed by atoms with Gasteiger partial charge in [0.15, 0.2) is 5.78 Å². The molecule has 6 heteroatoms. The Morgan fingerprint density at radius 3 is 2.63 bits per heavy atom. The topological polar surface area (TPSA) is 91.4 Å². The predicted octanol–water partition coefficient (Wildman–Crippen LogP) is 3.16. The van der Waals surface area contributed by atoms with E-state index in [1.54, 1.807) is 31.4 Å². The number of carbonyl (C=O) groups excluding carboxylic acids is 1. The molecule has 1 unspecified atom stereocenters. The summed E-state index contributed by atoms with van der Waals surface area (Å²) in [4.78, 5) is 26.9. The molecule has 0 saturated heterocycles. The summed E-state index contributed by atoms with van der Waals surface area (Å²) in [6.07, 6.45) is 4.82. The molecule has 3 aromatic rings. The molecule has 27 heavy (non-hydrogen) atoms. The van der Waals surface area contributed by atoms with Crippen molar-refractivity contribution in [3.05, 3.63) is 78.1 Å². The van der Waals surface area contributed by atoms with Crippen LogP contribution in [0.2, 0.25) is 0 Å². The largest absolute Gasteiger partial charge is 0.497 e. The second-order valence-corrected chi connectivity index (χ2v) is 6.05. The zero-order valence-corrected chi connectivity index (χ0v) is 14.8. The number of carboxylic acid groups (broad SMARTS) is 1. The predicted molar refractivity (Wildman–Crippen MR) is 103 cm³/mol. The number of aromatic nitrogens is 1. The number of rotatable bonds is 8. The van der Waals surface area contributed by atoms with E-state index in [-0.39, 0.29) is 5.78 Å². The molecule has 0 spiro atoms. The van der Waals surface area contributed by atoms with E-state index in [0.717, 1.165) is 16.5 Å². The molecule has 3 N–H and O–H groups in total. The second kappa shape index (κ2) is 8.23. The van der Waals surface area contributed by atoms with E-state index < -0.39 is 12.0 Å². The number of methoxy groups -OCH3 is 1. The van der Waals surface area contributed by atoms with Crippen LogP contribution in [0.4, 0.5) is 0 Å². The van der Waals surface area contributed by atoms with Crippen molar-refractivity contribution >= 4 is 22.7 Å². The fraction of sp³-hybridized carbons (Fsp3) is 0.143. The van der Waals surface area contributed by atoms with Gasteiger partial charge in [0.2, 0.25) is 0 Å². The van der Waals surface area contributed by atoms with Crippen LogP contribution in [0.3, 0.4) is 0 Å². The number of aliphatic carboxylic acids is 1. The number of ketones is 1. The Hall–Kier alpha value is -3.54. The number of hydrogen-bond donors (Lipinski definition) is 3. The van der Waals surface area contributed by atoms with Crippen molar-refractivity contribution in [2.75, 3.05) is 7.11 Å². The number of ether oxygens (including phenoxy) is 1. The molecule has 6 nitrogen and oxygen atoms in total. The minimum atomic E-state index is -0.984. The average molecular weight is 364 g/mol.